The van der Waals surface area contributed by atoms with E-state index in [1.807, 2.05) is 6.08 Å². The number of allylic oxidation sites excluding steroid dienone is 5. The Hall–Kier alpha value is -1.82. The van der Waals surface area contributed by atoms with Crippen LogP contribution in [0.1, 0.15) is 22.3 Å². The molecule has 1 aromatic carbocycles. The van der Waals surface area contributed by atoms with E-state index in [0.717, 1.165) is 6.42 Å². The Kier molecular flexibility index (Phi) is 1.92. The van der Waals surface area contributed by atoms with Crippen molar-refractivity contribution in [3.63, 3.8) is 0 Å². The molecule has 0 spiro atoms. The first kappa shape index (κ1) is 8.49. The zero-order valence-corrected chi connectivity index (χ0v) is 8.40. The predicted octanol–water partition coefficient (Wildman–Crippen LogP) is 3.55. The molecule has 0 N–H and O–H groups in total. The highest BCUT2D eigenvalue weighted by Gasteiger charge is 2.11. The van der Waals surface area contributed by atoms with Crippen LogP contribution in [-0.2, 0) is 6.42 Å². The molecule has 71 valence electrons. The lowest BCUT2D eigenvalue weighted by Crippen LogP contribution is -1.91. The van der Waals surface area contributed by atoms with E-state index in [1.165, 1.54) is 22.3 Å². The van der Waals surface area contributed by atoms with Gasteiger partial charge in [-0.05, 0) is 34.8 Å². The molecule has 0 heterocycles. The SMILES string of the molecule is [C]1=CCc2ccc3c(c21)\C=C/C=C\C=C/3. The van der Waals surface area contributed by atoms with Crippen molar-refractivity contribution in [1.82, 2.24) is 0 Å². The summed E-state index contributed by atoms with van der Waals surface area (Å²) < 4.78 is 0. The Morgan fingerprint density at radius 1 is 0.933 bits per heavy atom. The molecule has 0 nitrogen and oxygen atoms in total. The van der Waals surface area contributed by atoms with Crippen LogP contribution in [0, 0.1) is 6.08 Å². The Labute approximate surface area is 89.9 Å². The lowest BCUT2D eigenvalue weighted by atomic mass is 9.96. The summed E-state index contributed by atoms with van der Waals surface area (Å²) in [6.07, 6.45) is 19.1. The molecule has 0 atom stereocenters. The van der Waals surface area contributed by atoms with Crippen molar-refractivity contribution in [3.8, 4) is 0 Å². The molecule has 1 radical (unpaired) electrons. The molecule has 0 aromatic heterocycles. The standard InChI is InChI=1S/C15H11/c1-2-4-8-14-12(6-3-1)10-11-13-7-5-9-15(13)14/h1-6,8,10-11H,7H2/b2-1-,3-1?,4-2?,6-3-,8-4-,12-6?,14-8?. The summed E-state index contributed by atoms with van der Waals surface area (Å²) in [5.74, 6) is 0. The normalized spacial score (nSPS) is 22.4. The van der Waals surface area contributed by atoms with E-state index in [2.05, 4.69) is 54.7 Å². The van der Waals surface area contributed by atoms with Crippen molar-refractivity contribution in [3.05, 3.63) is 70.8 Å². The molecule has 0 heteroatoms. The molecule has 0 bridgehead atoms. The largest absolute Gasteiger partial charge is 0.0716 e. The first-order valence-corrected chi connectivity index (χ1v) is 5.21. The summed E-state index contributed by atoms with van der Waals surface area (Å²) in [6, 6.07) is 4.39. The van der Waals surface area contributed by atoms with Gasteiger partial charge < -0.3 is 0 Å². The molecule has 0 aliphatic heterocycles. The van der Waals surface area contributed by atoms with Gasteiger partial charge in [-0.1, -0.05) is 54.7 Å². The lowest BCUT2D eigenvalue weighted by Gasteiger charge is -2.08. The Morgan fingerprint density at radius 3 is 2.73 bits per heavy atom. The van der Waals surface area contributed by atoms with E-state index in [4.69, 9.17) is 0 Å². The number of benzene rings is 1. The van der Waals surface area contributed by atoms with Crippen LogP contribution in [0.15, 0.2) is 42.5 Å². The third kappa shape index (κ3) is 1.39. The molecule has 3 rings (SSSR count). The van der Waals surface area contributed by atoms with Gasteiger partial charge in [0.25, 0.3) is 0 Å². The molecule has 2 aliphatic rings. The van der Waals surface area contributed by atoms with Gasteiger partial charge in [0.2, 0.25) is 0 Å². The molecular formula is C15H11. The smallest absolute Gasteiger partial charge is 0.00671 e. The summed E-state index contributed by atoms with van der Waals surface area (Å²) in [5.41, 5.74) is 5.22. The van der Waals surface area contributed by atoms with Crippen LogP contribution in [0.5, 0.6) is 0 Å². The van der Waals surface area contributed by atoms with Gasteiger partial charge in [-0.15, -0.1) is 0 Å². The minimum Gasteiger partial charge on any atom is -0.0716 e. The molecule has 0 fully saturated rings. The van der Waals surface area contributed by atoms with Gasteiger partial charge in [-0.25, -0.2) is 0 Å². The van der Waals surface area contributed by atoms with Crippen LogP contribution in [0.2, 0.25) is 0 Å². The van der Waals surface area contributed by atoms with Crippen molar-refractivity contribution >= 4 is 12.2 Å². The van der Waals surface area contributed by atoms with Crippen molar-refractivity contribution in [2.75, 3.05) is 0 Å². The van der Waals surface area contributed by atoms with Crippen LogP contribution in [0.25, 0.3) is 12.2 Å². The fraction of sp³-hybridized carbons (Fsp3) is 0.0667. The van der Waals surface area contributed by atoms with Crippen molar-refractivity contribution in [2.24, 2.45) is 0 Å². The third-order valence-electron chi connectivity index (χ3n) is 2.81. The zero-order valence-electron chi connectivity index (χ0n) is 8.40. The molecule has 0 saturated carbocycles. The monoisotopic (exact) mass is 191 g/mol. The fourth-order valence-electron chi connectivity index (χ4n) is 2.05. The quantitative estimate of drug-likeness (QED) is 0.588. The van der Waals surface area contributed by atoms with Crippen LogP contribution >= 0.6 is 0 Å². The van der Waals surface area contributed by atoms with Gasteiger partial charge in [0.15, 0.2) is 0 Å². The lowest BCUT2D eigenvalue weighted by molar-refractivity contribution is 1.30. The Morgan fingerprint density at radius 2 is 1.80 bits per heavy atom. The average molecular weight is 191 g/mol. The first-order chi connectivity index (χ1) is 7.45. The number of hydrogen-bond acceptors (Lipinski definition) is 0. The second-order valence-corrected chi connectivity index (χ2v) is 3.76. The van der Waals surface area contributed by atoms with E-state index in [9.17, 15) is 0 Å². The maximum Gasteiger partial charge on any atom is -0.00671 e. The van der Waals surface area contributed by atoms with E-state index >= 15 is 0 Å². The van der Waals surface area contributed by atoms with Crippen molar-refractivity contribution in [2.45, 2.75) is 6.42 Å². The molecule has 0 unspecified atom stereocenters. The van der Waals surface area contributed by atoms with E-state index < -0.39 is 0 Å². The minimum absolute atomic E-state index is 1.02. The average Bonchev–Trinajstić information content (AvgIpc) is 2.65. The van der Waals surface area contributed by atoms with Crippen LogP contribution in [-0.4, -0.2) is 0 Å². The molecule has 1 aromatic rings. The van der Waals surface area contributed by atoms with E-state index in [-0.39, 0.29) is 0 Å². The van der Waals surface area contributed by atoms with Gasteiger partial charge in [0.05, 0.1) is 0 Å². The summed E-state index contributed by atoms with van der Waals surface area (Å²) in [7, 11) is 0. The van der Waals surface area contributed by atoms with Crippen LogP contribution in [0.3, 0.4) is 0 Å². The highest BCUT2D eigenvalue weighted by Crippen LogP contribution is 2.27. The molecule has 2 aliphatic carbocycles. The van der Waals surface area contributed by atoms with E-state index in [1.54, 1.807) is 0 Å². The molecule has 0 saturated heterocycles. The van der Waals surface area contributed by atoms with Crippen molar-refractivity contribution < 1.29 is 0 Å². The molecule has 15 heavy (non-hydrogen) atoms. The number of rotatable bonds is 0. The highest BCUT2D eigenvalue weighted by molar-refractivity contribution is 5.73. The predicted molar refractivity (Wildman–Crippen MR) is 64.3 cm³/mol. The molecular weight excluding hydrogens is 180 g/mol. The topological polar surface area (TPSA) is 0 Å². The summed E-state index contributed by atoms with van der Waals surface area (Å²) in [6.45, 7) is 0. The van der Waals surface area contributed by atoms with E-state index in [0.29, 0.717) is 0 Å². The van der Waals surface area contributed by atoms with Gasteiger partial charge in [-0.2, -0.15) is 0 Å². The van der Waals surface area contributed by atoms with Gasteiger partial charge in [0.1, 0.15) is 0 Å². The second kappa shape index (κ2) is 3.39. The van der Waals surface area contributed by atoms with Crippen LogP contribution in [0.4, 0.5) is 0 Å². The zero-order chi connectivity index (χ0) is 10.1. The Bertz CT molecular complexity index is 511. The maximum atomic E-state index is 3.34. The number of hydrogen-bond donors (Lipinski definition) is 0. The maximum absolute atomic E-state index is 3.34. The fourth-order valence-corrected chi connectivity index (χ4v) is 2.05. The number of fused-ring (bicyclic) bond motifs is 3. The van der Waals surface area contributed by atoms with Gasteiger partial charge in [0, 0.05) is 0 Å². The highest BCUT2D eigenvalue weighted by atomic mass is 14.1. The Balaban J connectivity index is 2.27. The van der Waals surface area contributed by atoms with Crippen LogP contribution < -0.4 is 0 Å². The second-order valence-electron chi connectivity index (χ2n) is 3.76. The summed E-state index contributed by atoms with van der Waals surface area (Å²) in [5, 5.41) is 0. The van der Waals surface area contributed by atoms with Crippen molar-refractivity contribution in [1.29, 1.82) is 0 Å². The summed E-state index contributed by atoms with van der Waals surface area (Å²) >= 11 is 0. The summed E-state index contributed by atoms with van der Waals surface area (Å²) in [4.78, 5) is 0. The third-order valence-corrected chi connectivity index (χ3v) is 2.81. The minimum atomic E-state index is 1.02. The first-order valence-electron chi connectivity index (χ1n) is 5.21. The molecule has 0 amide bonds. The van der Waals surface area contributed by atoms with Gasteiger partial charge >= 0.3 is 0 Å². The van der Waals surface area contributed by atoms with Gasteiger partial charge in [-0.3, -0.25) is 0 Å².